The lowest BCUT2D eigenvalue weighted by Crippen LogP contribution is -2.41. The van der Waals surface area contributed by atoms with Crippen molar-refractivity contribution in [3.05, 3.63) is 24.3 Å². The van der Waals surface area contributed by atoms with Crippen molar-refractivity contribution < 1.29 is 14.3 Å². The van der Waals surface area contributed by atoms with Gasteiger partial charge in [0.25, 0.3) is 0 Å². The van der Waals surface area contributed by atoms with E-state index in [0.717, 1.165) is 0 Å². The number of carbonyl (C=O) groups excluding carboxylic acids is 2. The van der Waals surface area contributed by atoms with Gasteiger partial charge in [-0.2, -0.15) is 5.26 Å². The van der Waals surface area contributed by atoms with Crippen LogP contribution in [0.4, 0.5) is 5.69 Å². The van der Waals surface area contributed by atoms with Gasteiger partial charge in [-0.05, 0) is 24.3 Å². The minimum Gasteiger partial charge on any atom is -0.497 e. The van der Waals surface area contributed by atoms with Gasteiger partial charge in [-0.1, -0.05) is 0 Å². The SMILES string of the molecule is COc1ccc(N(C)C(=O)C(=O)NCC#N)cc1. The fourth-order valence-electron chi connectivity index (χ4n) is 1.27. The van der Waals surface area contributed by atoms with Crippen LogP contribution in [0.3, 0.4) is 0 Å². The molecule has 2 amide bonds. The van der Waals surface area contributed by atoms with Crippen molar-refractivity contribution >= 4 is 17.5 Å². The second-order valence-corrected chi connectivity index (χ2v) is 3.40. The van der Waals surface area contributed by atoms with Crippen molar-refractivity contribution in [2.45, 2.75) is 0 Å². The van der Waals surface area contributed by atoms with Gasteiger partial charge in [0.15, 0.2) is 0 Å². The number of anilines is 1. The van der Waals surface area contributed by atoms with Gasteiger partial charge >= 0.3 is 11.8 Å². The molecule has 0 aliphatic carbocycles. The maximum Gasteiger partial charge on any atom is 0.316 e. The zero-order valence-electron chi connectivity index (χ0n) is 10.1. The zero-order chi connectivity index (χ0) is 13.5. The number of nitrogens with zero attached hydrogens (tertiary/aromatic N) is 2. The lowest BCUT2D eigenvalue weighted by atomic mass is 10.2. The van der Waals surface area contributed by atoms with Crippen LogP contribution in [0.1, 0.15) is 0 Å². The van der Waals surface area contributed by atoms with E-state index in [-0.39, 0.29) is 6.54 Å². The summed E-state index contributed by atoms with van der Waals surface area (Å²) >= 11 is 0. The Morgan fingerprint density at radius 2 is 2.00 bits per heavy atom. The first-order valence-corrected chi connectivity index (χ1v) is 5.17. The van der Waals surface area contributed by atoms with Crippen LogP contribution in [0.2, 0.25) is 0 Å². The third-order valence-electron chi connectivity index (χ3n) is 2.29. The summed E-state index contributed by atoms with van der Waals surface area (Å²) in [7, 11) is 3.02. The number of nitrogens with one attached hydrogen (secondary N) is 1. The normalized spacial score (nSPS) is 9.17. The summed E-state index contributed by atoms with van der Waals surface area (Å²) in [5.41, 5.74) is 0.563. The first-order valence-electron chi connectivity index (χ1n) is 5.17. The lowest BCUT2D eigenvalue weighted by Gasteiger charge is -2.16. The Morgan fingerprint density at radius 1 is 1.39 bits per heavy atom. The predicted molar refractivity (Wildman–Crippen MR) is 65.0 cm³/mol. The average molecular weight is 247 g/mol. The van der Waals surface area contributed by atoms with Crippen molar-refractivity contribution in [3.63, 3.8) is 0 Å². The highest BCUT2D eigenvalue weighted by Gasteiger charge is 2.19. The summed E-state index contributed by atoms with van der Waals surface area (Å²) < 4.78 is 4.99. The largest absolute Gasteiger partial charge is 0.497 e. The summed E-state index contributed by atoms with van der Waals surface area (Å²) in [6.07, 6.45) is 0. The maximum atomic E-state index is 11.7. The van der Waals surface area contributed by atoms with Gasteiger partial charge in [0.05, 0.1) is 13.2 Å². The van der Waals surface area contributed by atoms with E-state index < -0.39 is 11.8 Å². The second kappa shape index (κ2) is 6.25. The molecule has 0 spiro atoms. The number of ether oxygens (including phenoxy) is 1. The third kappa shape index (κ3) is 3.22. The van der Waals surface area contributed by atoms with E-state index in [1.807, 2.05) is 0 Å². The molecule has 0 heterocycles. The summed E-state index contributed by atoms with van der Waals surface area (Å²) in [4.78, 5) is 24.2. The highest BCUT2D eigenvalue weighted by molar-refractivity contribution is 6.40. The van der Waals surface area contributed by atoms with Gasteiger partial charge in [-0.15, -0.1) is 0 Å². The molecule has 0 unspecified atom stereocenters. The molecule has 18 heavy (non-hydrogen) atoms. The summed E-state index contributed by atoms with van der Waals surface area (Å²) in [5.74, 6) is -0.876. The van der Waals surface area contributed by atoms with Crippen molar-refractivity contribution in [1.82, 2.24) is 5.32 Å². The van der Waals surface area contributed by atoms with Crippen LogP contribution >= 0.6 is 0 Å². The summed E-state index contributed by atoms with van der Waals surface area (Å²) in [6, 6.07) is 8.42. The number of nitriles is 1. The van der Waals surface area contributed by atoms with E-state index in [1.54, 1.807) is 37.4 Å². The monoisotopic (exact) mass is 247 g/mol. The Labute approximate surface area is 105 Å². The van der Waals surface area contributed by atoms with E-state index in [2.05, 4.69) is 5.32 Å². The number of rotatable bonds is 3. The quantitative estimate of drug-likeness (QED) is 0.615. The van der Waals surface area contributed by atoms with Crippen LogP contribution in [0.15, 0.2) is 24.3 Å². The first-order chi connectivity index (χ1) is 8.60. The van der Waals surface area contributed by atoms with Crippen LogP contribution < -0.4 is 15.0 Å². The van der Waals surface area contributed by atoms with E-state index >= 15 is 0 Å². The van der Waals surface area contributed by atoms with E-state index in [0.29, 0.717) is 11.4 Å². The molecule has 0 bridgehead atoms. The fraction of sp³-hybridized carbons (Fsp3) is 0.250. The van der Waals surface area contributed by atoms with Gasteiger partial charge in [-0.25, -0.2) is 0 Å². The van der Waals surface area contributed by atoms with Gasteiger partial charge in [0.1, 0.15) is 12.3 Å². The standard InChI is InChI=1S/C12H13N3O3/c1-15(12(17)11(16)14-8-7-13)9-3-5-10(18-2)6-4-9/h3-6H,8H2,1-2H3,(H,14,16). The molecule has 0 atom stereocenters. The molecule has 0 aliphatic heterocycles. The molecular weight excluding hydrogens is 234 g/mol. The Hall–Kier alpha value is -2.55. The Morgan fingerprint density at radius 3 is 2.50 bits per heavy atom. The molecule has 0 saturated heterocycles. The zero-order valence-corrected chi connectivity index (χ0v) is 10.1. The smallest absolute Gasteiger partial charge is 0.316 e. The molecule has 1 aromatic carbocycles. The van der Waals surface area contributed by atoms with Crippen molar-refractivity contribution in [3.8, 4) is 11.8 Å². The number of amides is 2. The molecule has 6 heteroatoms. The van der Waals surface area contributed by atoms with Gasteiger partial charge in [0.2, 0.25) is 0 Å². The molecule has 1 N–H and O–H groups in total. The first kappa shape index (κ1) is 13.5. The molecule has 0 aliphatic rings. The molecular formula is C12H13N3O3. The molecule has 0 aromatic heterocycles. The number of hydrogen-bond donors (Lipinski definition) is 1. The van der Waals surface area contributed by atoms with Crippen LogP contribution in [-0.2, 0) is 9.59 Å². The fourth-order valence-corrected chi connectivity index (χ4v) is 1.27. The number of likely N-dealkylation sites (N-methyl/N-ethyl adjacent to an activating group) is 1. The molecule has 1 rings (SSSR count). The summed E-state index contributed by atoms with van der Waals surface area (Å²) in [6.45, 7) is -0.193. The van der Waals surface area contributed by atoms with Gasteiger partial charge in [-0.3, -0.25) is 9.59 Å². The average Bonchev–Trinajstić information content (AvgIpc) is 2.43. The van der Waals surface area contributed by atoms with E-state index in [9.17, 15) is 9.59 Å². The number of hydrogen-bond acceptors (Lipinski definition) is 4. The maximum absolute atomic E-state index is 11.7. The summed E-state index contributed by atoms with van der Waals surface area (Å²) in [5, 5.41) is 10.5. The molecule has 6 nitrogen and oxygen atoms in total. The molecule has 0 fully saturated rings. The Balaban J connectivity index is 2.73. The van der Waals surface area contributed by atoms with Crippen LogP contribution in [-0.4, -0.2) is 32.5 Å². The van der Waals surface area contributed by atoms with Crippen LogP contribution in [0.5, 0.6) is 5.75 Å². The van der Waals surface area contributed by atoms with Crippen molar-refractivity contribution in [2.24, 2.45) is 0 Å². The highest BCUT2D eigenvalue weighted by Crippen LogP contribution is 2.18. The third-order valence-corrected chi connectivity index (χ3v) is 2.29. The highest BCUT2D eigenvalue weighted by atomic mass is 16.5. The van der Waals surface area contributed by atoms with E-state index in [1.165, 1.54) is 11.9 Å². The van der Waals surface area contributed by atoms with Crippen LogP contribution in [0.25, 0.3) is 0 Å². The number of benzene rings is 1. The Kier molecular flexibility index (Phi) is 4.69. The van der Waals surface area contributed by atoms with Gasteiger partial charge < -0.3 is 15.0 Å². The van der Waals surface area contributed by atoms with Crippen molar-refractivity contribution in [1.29, 1.82) is 5.26 Å². The minimum atomic E-state index is -0.810. The Bertz CT molecular complexity index is 476. The minimum absolute atomic E-state index is 0.193. The second-order valence-electron chi connectivity index (χ2n) is 3.40. The van der Waals surface area contributed by atoms with E-state index in [4.69, 9.17) is 10.00 Å². The molecule has 0 radical (unpaired) electrons. The predicted octanol–water partition coefficient (Wildman–Crippen LogP) is 0.298. The topological polar surface area (TPSA) is 82.4 Å². The molecule has 1 aromatic rings. The number of carbonyl (C=O) groups is 2. The number of methoxy groups -OCH3 is 1. The van der Waals surface area contributed by atoms with Crippen LogP contribution in [0, 0.1) is 11.3 Å². The lowest BCUT2D eigenvalue weighted by molar-refractivity contribution is -0.137. The molecule has 94 valence electrons. The van der Waals surface area contributed by atoms with Gasteiger partial charge in [0, 0.05) is 12.7 Å². The van der Waals surface area contributed by atoms with Crippen molar-refractivity contribution in [2.75, 3.05) is 25.6 Å². The molecule has 0 saturated carbocycles.